The molecule has 1 aliphatic heterocycles. The van der Waals surface area contributed by atoms with Crippen molar-refractivity contribution >= 4 is 11.6 Å². The molecule has 4 nitrogen and oxygen atoms in total. The van der Waals surface area contributed by atoms with Gasteiger partial charge in [0, 0.05) is 33.2 Å². The van der Waals surface area contributed by atoms with Crippen molar-refractivity contribution < 1.29 is 14.2 Å². The summed E-state index contributed by atoms with van der Waals surface area (Å²) in [6.07, 6.45) is 1.91. The number of hydrogen-bond donors (Lipinski definition) is 0. The summed E-state index contributed by atoms with van der Waals surface area (Å²) >= 11 is 6.29. The Morgan fingerprint density at radius 3 is 2.90 bits per heavy atom. The van der Waals surface area contributed by atoms with Crippen molar-refractivity contribution in [3.8, 4) is 11.5 Å². The number of benzene rings is 1. The molecule has 0 spiro atoms. The minimum Gasteiger partial charge on any atom is -0.489 e. The van der Waals surface area contributed by atoms with E-state index in [1.54, 1.807) is 7.11 Å². The second-order valence-electron chi connectivity index (χ2n) is 5.04. The number of nitrogens with zero attached hydrogens (tertiary/aromatic N) is 1. The molecule has 0 saturated heterocycles. The van der Waals surface area contributed by atoms with E-state index >= 15 is 0 Å². The van der Waals surface area contributed by atoms with Crippen LogP contribution in [-0.2, 0) is 11.3 Å². The van der Waals surface area contributed by atoms with Crippen LogP contribution in [0, 0.1) is 0 Å². The standard InChI is InChI=1S/C15H22ClNO3/c1-17(5-3-6-18-2)11-12-9-13(16)15-14(10-12)19-7-4-8-20-15/h9-10H,3-8,11H2,1-2H3. The molecule has 0 N–H and O–H groups in total. The molecular formula is C15H22ClNO3. The van der Waals surface area contributed by atoms with E-state index in [1.807, 2.05) is 12.1 Å². The van der Waals surface area contributed by atoms with Crippen LogP contribution in [0.4, 0.5) is 0 Å². The highest BCUT2D eigenvalue weighted by molar-refractivity contribution is 6.32. The fourth-order valence-corrected chi connectivity index (χ4v) is 2.53. The summed E-state index contributed by atoms with van der Waals surface area (Å²) in [4.78, 5) is 2.24. The van der Waals surface area contributed by atoms with Crippen LogP contribution in [0.5, 0.6) is 11.5 Å². The third-order valence-electron chi connectivity index (χ3n) is 3.20. The Labute approximate surface area is 125 Å². The number of methoxy groups -OCH3 is 1. The van der Waals surface area contributed by atoms with E-state index < -0.39 is 0 Å². The minimum absolute atomic E-state index is 0.629. The largest absolute Gasteiger partial charge is 0.489 e. The summed E-state index contributed by atoms with van der Waals surface area (Å²) in [5.74, 6) is 1.44. The summed E-state index contributed by atoms with van der Waals surface area (Å²) in [5.41, 5.74) is 1.14. The van der Waals surface area contributed by atoms with Gasteiger partial charge in [-0.2, -0.15) is 0 Å². The molecule has 0 unspecified atom stereocenters. The summed E-state index contributed by atoms with van der Waals surface area (Å²) in [5, 5.41) is 0.629. The van der Waals surface area contributed by atoms with Crippen LogP contribution in [0.3, 0.4) is 0 Å². The molecule has 0 aliphatic carbocycles. The van der Waals surface area contributed by atoms with Gasteiger partial charge < -0.3 is 19.1 Å². The maximum atomic E-state index is 6.29. The van der Waals surface area contributed by atoms with Crippen molar-refractivity contribution in [3.05, 3.63) is 22.7 Å². The number of fused-ring (bicyclic) bond motifs is 1. The number of rotatable bonds is 6. The molecule has 1 heterocycles. The van der Waals surface area contributed by atoms with Crippen LogP contribution in [0.25, 0.3) is 0 Å². The molecule has 20 heavy (non-hydrogen) atoms. The van der Waals surface area contributed by atoms with Gasteiger partial charge in [-0.3, -0.25) is 0 Å². The van der Waals surface area contributed by atoms with Gasteiger partial charge in [0.25, 0.3) is 0 Å². The Morgan fingerprint density at radius 2 is 2.10 bits per heavy atom. The second kappa shape index (κ2) is 7.72. The molecule has 112 valence electrons. The van der Waals surface area contributed by atoms with E-state index in [0.717, 1.165) is 43.9 Å². The topological polar surface area (TPSA) is 30.9 Å². The van der Waals surface area contributed by atoms with Gasteiger partial charge in [0.15, 0.2) is 11.5 Å². The molecule has 0 fully saturated rings. The molecule has 0 atom stereocenters. The minimum atomic E-state index is 0.629. The molecule has 0 saturated carbocycles. The Kier molecular flexibility index (Phi) is 5.95. The fourth-order valence-electron chi connectivity index (χ4n) is 2.25. The Bertz CT molecular complexity index is 439. The first kappa shape index (κ1) is 15.4. The number of halogens is 1. The van der Waals surface area contributed by atoms with Crippen molar-refractivity contribution in [1.29, 1.82) is 0 Å². The molecule has 0 aromatic heterocycles. The van der Waals surface area contributed by atoms with Gasteiger partial charge in [0.2, 0.25) is 0 Å². The maximum absolute atomic E-state index is 6.29. The van der Waals surface area contributed by atoms with Crippen LogP contribution in [-0.4, -0.2) is 45.4 Å². The Morgan fingerprint density at radius 1 is 1.30 bits per heavy atom. The van der Waals surface area contributed by atoms with Gasteiger partial charge in [-0.25, -0.2) is 0 Å². The molecule has 1 aromatic rings. The molecule has 0 radical (unpaired) electrons. The van der Waals surface area contributed by atoms with E-state index in [9.17, 15) is 0 Å². The summed E-state index contributed by atoms with van der Waals surface area (Å²) in [7, 11) is 3.82. The van der Waals surface area contributed by atoms with Crippen molar-refractivity contribution in [3.63, 3.8) is 0 Å². The van der Waals surface area contributed by atoms with Crippen molar-refractivity contribution in [2.45, 2.75) is 19.4 Å². The first-order chi connectivity index (χ1) is 9.70. The molecule has 1 aromatic carbocycles. The summed E-state index contributed by atoms with van der Waals surface area (Å²) < 4.78 is 16.4. The number of hydrogen-bond acceptors (Lipinski definition) is 4. The van der Waals surface area contributed by atoms with Gasteiger partial charge in [0.05, 0.1) is 18.2 Å². The van der Waals surface area contributed by atoms with Crippen LogP contribution in [0.1, 0.15) is 18.4 Å². The van der Waals surface area contributed by atoms with Crippen LogP contribution < -0.4 is 9.47 Å². The lowest BCUT2D eigenvalue weighted by molar-refractivity contribution is 0.178. The van der Waals surface area contributed by atoms with Gasteiger partial charge in [-0.15, -0.1) is 0 Å². The highest BCUT2D eigenvalue weighted by atomic mass is 35.5. The van der Waals surface area contributed by atoms with E-state index in [-0.39, 0.29) is 0 Å². The Balaban J connectivity index is 2.02. The molecule has 1 aliphatic rings. The van der Waals surface area contributed by atoms with E-state index in [0.29, 0.717) is 24.0 Å². The van der Waals surface area contributed by atoms with Gasteiger partial charge in [-0.05, 0) is 31.2 Å². The van der Waals surface area contributed by atoms with Gasteiger partial charge in [0.1, 0.15) is 0 Å². The summed E-state index contributed by atoms with van der Waals surface area (Å²) in [6, 6.07) is 3.99. The van der Waals surface area contributed by atoms with Crippen LogP contribution in [0.15, 0.2) is 12.1 Å². The quantitative estimate of drug-likeness (QED) is 0.756. The SMILES string of the molecule is COCCCN(C)Cc1cc(Cl)c2c(c1)OCCCO2. The van der Waals surface area contributed by atoms with Crippen molar-refractivity contribution in [1.82, 2.24) is 4.90 Å². The monoisotopic (exact) mass is 299 g/mol. The number of ether oxygens (including phenoxy) is 3. The average Bonchev–Trinajstić information content (AvgIpc) is 2.64. The first-order valence-electron chi connectivity index (χ1n) is 6.96. The zero-order chi connectivity index (χ0) is 14.4. The van der Waals surface area contributed by atoms with Gasteiger partial charge >= 0.3 is 0 Å². The lowest BCUT2D eigenvalue weighted by atomic mass is 10.2. The highest BCUT2D eigenvalue weighted by Crippen LogP contribution is 2.38. The fraction of sp³-hybridized carbons (Fsp3) is 0.600. The average molecular weight is 300 g/mol. The molecule has 0 bridgehead atoms. The zero-order valence-corrected chi connectivity index (χ0v) is 12.9. The molecule has 2 rings (SSSR count). The highest BCUT2D eigenvalue weighted by Gasteiger charge is 2.16. The lowest BCUT2D eigenvalue weighted by Crippen LogP contribution is -2.20. The normalized spacial score (nSPS) is 14.4. The molecule has 5 heteroatoms. The third kappa shape index (κ3) is 4.27. The van der Waals surface area contributed by atoms with E-state index in [1.165, 1.54) is 0 Å². The van der Waals surface area contributed by atoms with Crippen LogP contribution in [0.2, 0.25) is 5.02 Å². The van der Waals surface area contributed by atoms with Crippen LogP contribution >= 0.6 is 11.6 Å². The first-order valence-corrected chi connectivity index (χ1v) is 7.34. The smallest absolute Gasteiger partial charge is 0.179 e. The second-order valence-corrected chi connectivity index (χ2v) is 5.45. The van der Waals surface area contributed by atoms with Crippen molar-refractivity contribution in [2.75, 3.05) is 40.5 Å². The zero-order valence-electron chi connectivity index (χ0n) is 12.2. The summed E-state index contributed by atoms with van der Waals surface area (Å²) in [6.45, 7) is 3.94. The predicted molar refractivity (Wildman–Crippen MR) is 79.9 cm³/mol. The molecular weight excluding hydrogens is 278 g/mol. The maximum Gasteiger partial charge on any atom is 0.179 e. The van der Waals surface area contributed by atoms with E-state index in [2.05, 4.69) is 11.9 Å². The predicted octanol–water partition coefficient (Wildman–Crippen LogP) is 2.97. The van der Waals surface area contributed by atoms with E-state index in [4.69, 9.17) is 25.8 Å². The Hall–Kier alpha value is -0.970. The third-order valence-corrected chi connectivity index (χ3v) is 3.48. The van der Waals surface area contributed by atoms with Gasteiger partial charge in [-0.1, -0.05) is 11.6 Å². The molecule has 0 amide bonds. The lowest BCUT2D eigenvalue weighted by Gasteiger charge is -2.18. The van der Waals surface area contributed by atoms with Crippen molar-refractivity contribution in [2.24, 2.45) is 0 Å².